The molecule has 0 radical (unpaired) electrons. The minimum atomic E-state index is -1.06. The maximum atomic E-state index is 14.0. The number of amides is 6. The van der Waals surface area contributed by atoms with Crippen LogP contribution in [0.1, 0.15) is 88.1 Å². The summed E-state index contributed by atoms with van der Waals surface area (Å²) in [5.74, 6) is -1.64. The van der Waals surface area contributed by atoms with Crippen molar-refractivity contribution in [1.82, 2.24) is 34.2 Å². The average molecular weight is 980 g/mol. The van der Waals surface area contributed by atoms with Crippen LogP contribution in [-0.2, 0) is 52.2 Å². The Bertz CT molecular complexity index is 3110. The number of aliphatic hydroxyl groups excluding tert-OH is 1. The molecule has 2 fully saturated rings. The van der Waals surface area contributed by atoms with Gasteiger partial charge >= 0.3 is 0 Å². The average Bonchev–Trinajstić information content (AvgIpc) is 3.95. The number of carbonyl (C=O) groups excluding carboxylic acids is 6. The van der Waals surface area contributed by atoms with Crippen molar-refractivity contribution < 1.29 is 38.6 Å². The van der Waals surface area contributed by atoms with E-state index in [1.807, 2.05) is 24.0 Å². The SMILES string of the molecule is C[C@H]1CN(C(=O)CCOCCNc2cccc3c2C(=O)N(C2CCC(=O)NC2=O)C3=O)CCN1c1ccc(Nc2cc(-c3ccnc(N4CCn5c(cc6c5CC(C)(C)C6)C4=O)c3CO)cn(C)c2=O)nc1. The van der Waals surface area contributed by atoms with Gasteiger partial charge in [-0.2, -0.15) is 0 Å². The highest BCUT2D eigenvalue weighted by molar-refractivity contribution is 6.25. The summed E-state index contributed by atoms with van der Waals surface area (Å²) in [6, 6.07) is 13.0. The van der Waals surface area contributed by atoms with Gasteiger partial charge in [0.15, 0.2) is 0 Å². The molecule has 1 aliphatic carbocycles. The van der Waals surface area contributed by atoms with Gasteiger partial charge in [-0.3, -0.25) is 48.7 Å². The quantitative estimate of drug-likeness (QED) is 0.0920. The third kappa shape index (κ3) is 8.88. The van der Waals surface area contributed by atoms with Gasteiger partial charge in [0.05, 0.1) is 49.3 Å². The van der Waals surface area contributed by atoms with E-state index in [1.165, 1.54) is 21.9 Å². The monoisotopic (exact) mass is 979 g/mol. The molecule has 374 valence electrons. The first-order valence-corrected chi connectivity index (χ1v) is 24.4. The number of anilines is 5. The number of pyridine rings is 3. The number of aryl methyl sites for hydroxylation is 1. The third-order valence-electron chi connectivity index (χ3n) is 14.4. The molecular formula is C52H57N11O9. The maximum absolute atomic E-state index is 14.0. The predicted octanol–water partition coefficient (Wildman–Crippen LogP) is 3.62. The second-order valence-electron chi connectivity index (χ2n) is 19.9. The minimum Gasteiger partial charge on any atom is -0.392 e. The normalized spacial score (nSPS) is 19.4. The second-order valence-corrected chi connectivity index (χ2v) is 19.9. The van der Waals surface area contributed by atoms with E-state index in [1.54, 1.807) is 60.9 Å². The van der Waals surface area contributed by atoms with E-state index in [0.29, 0.717) is 79.0 Å². The van der Waals surface area contributed by atoms with E-state index < -0.39 is 29.7 Å². The molecule has 20 heteroatoms. The first-order chi connectivity index (χ1) is 34.6. The van der Waals surface area contributed by atoms with Crippen molar-refractivity contribution in [1.29, 1.82) is 0 Å². The molecule has 1 unspecified atom stereocenters. The van der Waals surface area contributed by atoms with Crippen LogP contribution in [0, 0.1) is 5.41 Å². The van der Waals surface area contributed by atoms with E-state index in [9.17, 15) is 38.7 Å². The maximum Gasteiger partial charge on any atom is 0.276 e. The molecule has 1 aromatic carbocycles. The van der Waals surface area contributed by atoms with Crippen molar-refractivity contribution in [2.24, 2.45) is 12.5 Å². The van der Waals surface area contributed by atoms with Gasteiger partial charge in [0, 0.05) is 93.7 Å². The molecule has 0 saturated carbocycles. The fourth-order valence-corrected chi connectivity index (χ4v) is 10.9. The second kappa shape index (κ2) is 19.1. The van der Waals surface area contributed by atoms with Crippen LogP contribution in [0.2, 0.25) is 0 Å². The summed E-state index contributed by atoms with van der Waals surface area (Å²) < 4.78 is 9.38. The first-order valence-electron chi connectivity index (χ1n) is 24.4. The van der Waals surface area contributed by atoms with Crippen LogP contribution >= 0.6 is 0 Å². The number of hydrogen-bond donors (Lipinski definition) is 4. The van der Waals surface area contributed by atoms with Gasteiger partial charge < -0.3 is 39.4 Å². The lowest BCUT2D eigenvalue weighted by molar-refractivity contribution is -0.136. The summed E-state index contributed by atoms with van der Waals surface area (Å²) in [6.07, 6.45) is 7.19. The summed E-state index contributed by atoms with van der Waals surface area (Å²) in [4.78, 5) is 107. The Morgan fingerprint density at radius 2 is 1.75 bits per heavy atom. The molecule has 20 nitrogen and oxygen atoms in total. The molecule has 0 spiro atoms. The summed E-state index contributed by atoms with van der Waals surface area (Å²) >= 11 is 0. The van der Waals surface area contributed by atoms with Gasteiger partial charge in [-0.05, 0) is 85.2 Å². The van der Waals surface area contributed by atoms with Crippen LogP contribution in [0.25, 0.3) is 11.1 Å². The summed E-state index contributed by atoms with van der Waals surface area (Å²) in [6.45, 7) is 9.50. The molecule has 5 aliphatic rings. The molecular weight excluding hydrogens is 923 g/mol. The van der Waals surface area contributed by atoms with Crippen molar-refractivity contribution in [3.8, 4) is 11.1 Å². The molecule has 5 aromatic rings. The Kier molecular flexibility index (Phi) is 12.7. The van der Waals surface area contributed by atoms with Crippen LogP contribution in [0.4, 0.5) is 28.7 Å². The van der Waals surface area contributed by atoms with E-state index >= 15 is 0 Å². The van der Waals surface area contributed by atoms with Gasteiger partial charge in [0.2, 0.25) is 17.7 Å². The molecule has 10 rings (SSSR count). The van der Waals surface area contributed by atoms with Crippen LogP contribution in [0.5, 0.6) is 0 Å². The van der Waals surface area contributed by atoms with Crippen molar-refractivity contribution >= 4 is 64.1 Å². The van der Waals surface area contributed by atoms with Crippen LogP contribution in [-0.4, -0.2) is 127 Å². The zero-order valence-corrected chi connectivity index (χ0v) is 40.7. The smallest absolute Gasteiger partial charge is 0.276 e. The van der Waals surface area contributed by atoms with Gasteiger partial charge in [0.25, 0.3) is 23.3 Å². The van der Waals surface area contributed by atoms with Crippen molar-refractivity contribution in [3.05, 3.63) is 111 Å². The summed E-state index contributed by atoms with van der Waals surface area (Å²) in [5.41, 5.74) is 6.65. The number of carbonyl (C=O) groups is 6. The summed E-state index contributed by atoms with van der Waals surface area (Å²) in [7, 11) is 1.66. The van der Waals surface area contributed by atoms with E-state index in [4.69, 9.17) is 4.74 Å². The highest BCUT2D eigenvalue weighted by Crippen LogP contribution is 2.40. The zero-order valence-electron chi connectivity index (χ0n) is 40.7. The topological polar surface area (TPSA) is 234 Å². The number of nitrogens with zero attached hydrogens (tertiary/aromatic N) is 8. The van der Waals surface area contributed by atoms with Crippen molar-refractivity contribution in [2.75, 3.05) is 66.4 Å². The van der Waals surface area contributed by atoms with E-state index in [2.05, 4.69) is 49.2 Å². The third-order valence-corrected chi connectivity index (χ3v) is 14.4. The van der Waals surface area contributed by atoms with E-state index in [0.717, 1.165) is 23.4 Å². The molecule has 2 atom stereocenters. The highest BCUT2D eigenvalue weighted by atomic mass is 16.5. The van der Waals surface area contributed by atoms with Gasteiger partial charge in [0.1, 0.15) is 29.1 Å². The highest BCUT2D eigenvalue weighted by Gasteiger charge is 2.46. The molecule has 8 heterocycles. The lowest BCUT2D eigenvalue weighted by Crippen LogP contribution is -2.54. The molecule has 72 heavy (non-hydrogen) atoms. The molecule has 4 aliphatic heterocycles. The number of piperidine rings is 1. The minimum absolute atomic E-state index is 0.0182. The number of benzene rings is 1. The largest absolute Gasteiger partial charge is 0.392 e. The Labute approximate surface area is 414 Å². The number of piperazine rings is 1. The molecule has 0 bridgehead atoms. The number of aliphatic hydroxyl groups is 1. The summed E-state index contributed by atoms with van der Waals surface area (Å²) in [5, 5.41) is 19.3. The lowest BCUT2D eigenvalue weighted by atomic mass is 9.90. The number of imide groups is 2. The zero-order chi connectivity index (χ0) is 50.6. The Morgan fingerprint density at radius 3 is 2.51 bits per heavy atom. The predicted molar refractivity (Wildman–Crippen MR) is 266 cm³/mol. The van der Waals surface area contributed by atoms with Gasteiger partial charge in [-0.25, -0.2) is 9.97 Å². The fraction of sp³-hybridized carbons (Fsp3) is 0.404. The molecule has 2 saturated heterocycles. The van der Waals surface area contributed by atoms with Gasteiger partial charge in [-0.15, -0.1) is 0 Å². The standard InChI is InChI=1S/C52H57N11O9/c1-30-27-59(44(66)13-20-72-21-15-53-37-7-5-6-35-45(37)51(71)63(48(35)68)39-9-11-43(65)57-47(39)67)16-17-60(30)33-8-10-42(55-26-33)56-38-22-32(28-58(4)49(38)69)34-12-14-54-46(36(34)29-64)62-19-18-61-40(50(62)70)23-31-24-52(2,3)25-41(31)61/h5-8,10,12,14,22-23,26,28,30,39,53,64H,9,11,13,15-21,24-25,27,29H2,1-4H3,(H,55,56)(H,57,65,67)/t30-,39?/m0/s1. The van der Waals surface area contributed by atoms with Crippen molar-refractivity contribution in [2.45, 2.75) is 78.1 Å². The van der Waals surface area contributed by atoms with Gasteiger partial charge in [-0.1, -0.05) is 19.9 Å². The Morgan fingerprint density at radius 1 is 0.917 bits per heavy atom. The number of fused-ring (bicyclic) bond motifs is 4. The number of hydrogen-bond acceptors (Lipinski definition) is 14. The molecule has 6 amide bonds. The van der Waals surface area contributed by atoms with Crippen LogP contribution in [0.15, 0.2) is 71.9 Å². The molecule has 4 N–H and O–H groups in total. The number of nitrogens with one attached hydrogen (secondary N) is 3. The van der Waals surface area contributed by atoms with Crippen LogP contribution < -0.4 is 31.3 Å². The van der Waals surface area contributed by atoms with Crippen molar-refractivity contribution in [3.63, 3.8) is 0 Å². The Balaban J connectivity index is 0.714. The first kappa shape index (κ1) is 47.9. The lowest BCUT2D eigenvalue weighted by Gasteiger charge is -2.41. The number of rotatable bonds is 14. The number of aromatic nitrogens is 4. The van der Waals surface area contributed by atoms with E-state index in [-0.39, 0.29) is 84.7 Å². The molecule has 4 aromatic heterocycles. The van der Waals surface area contributed by atoms with Crippen LogP contribution in [0.3, 0.4) is 0 Å². The fourth-order valence-electron chi connectivity index (χ4n) is 10.9. The Hall–Kier alpha value is -7.71. The number of ether oxygens (including phenoxy) is 1.